The Morgan fingerprint density at radius 1 is 1.11 bits per heavy atom. The number of nitrogens with zero attached hydrogens (tertiary/aromatic N) is 1. The van der Waals surface area contributed by atoms with Gasteiger partial charge in [-0.2, -0.15) is 0 Å². The molecule has 2 aliphatic heterocycles. The maximum atomic E-state index is 13.7. The molecule has 200 valence electrons. The fourth-order valence-electron chi connectivity index (χ4n) is 7.29. The lowest BCUT2D eigenvalue weighted by atomic mass is 9.69. The van der Waals surface area contributed by atoms with Gasteiger partial charge in [0.1, 0.15) is 5.75 Å². The minimum Gasteiger partial charge on any atom is -0.507 e. The van der Waals surface area contributed by atoms with Gasteiger partial charge in [-0.25, -0.2) is 0 Å². The molecular formula is C31H41NO5. The number of benzene rings is 1. The molecule has 1 N–H and O–H groups in total. The molecule has 0 unspecified atom stereocenters. The minimum atomic E-state index is -0.283. The number of ether oxygens (including phenoxy) is 2. The van der Waals surface area contributed by atoms with Crippen molar-refractivity contribution < 1.29 is 24.2 Å². The first-order valence-corrected chi connectivity index (χ1v) is 14.0. The van der Waals surface area contributed by atoms with E-state index in [9.17, 15) is 14.7 Å². The number of imide groups is 1. The standard InChI is InChI=1S/C31H41NO5/c1-18(12-21-13-19(2)29(33)20(3)14-21)10-11-26-27-22(16-36-4)15-24-28(25(27)17-37-26)31(35)32(30(24)34)23-8-6-5-7-9-23/h12-14,23-26,28,33H,5-11,15-17H2,1-4H3/b18-12+/t24-,25+,26-,28-/m1/s1. The molecule has 1 aromatic carbocycles. The van der Waals surface area contributed by atoms with Gasteiger partial charge < -0.3 is 14.6 Å². The van der Waals surface area contributed by atoms with Crippen molar-refractivity contribution in [3.63, 3.8) is 0 Å². The molecule has 0 spiro atoms. The lowest BCUT2D eigenvalue weighted by Gasteiger charge is -2.31. The Hall–Kier alpha value is -2.44. The molecular weight excluding hydrogens is 466 g/mol. The Bertz CT molecular complexity index is 1110. The first-order chi connectivity index (χ1) is 17.8. The third-order valence-electron chi connectivity index (χ3n) is 9.03. The summed E-state index contributed by atoms with van der Waals surface area (Å²) in [5.41, 5.74) is 6.48. The zero-order chi connectivity index (χ0) is 26.3. The van der Waals surface area contributed by atoms with E-state index in [4.69, 9.17) is 9.47 Å². The lowest BCUT2D eigenvalue weighted by Crippen LogP contribution is -2.42. The van der Waals surface area contributed by atoms with E-state index in [1.54, 1.807) is 12.0 Å². The topological polar surface area (TPSA) is 76.1 Å². The van der Waals surface area contributed by atoms with Crippen molar-refractivity contribution in [1.82, 2.24) is 4.90 Å². The summed E-state index contributed by atoms with van der Waals surface area (Å²) in [6, 6.07) is 4.09. The average molecular weight is 508 g/mol. The summed E-state index contributed by atoms with van der Waals surface area (Å²) < 4.78 is 11.9. The lowest BCUT2D eigenvalue weighted by molar-refractivity contribution is -0.143. The number of allylic oxidation sites excluding steroid dienone is 1. The van der Waals surface area contributed by atoms with E-state index in [0.717, 1.165) is 60.8 Å². The van der Waals surface area contributed by atoms with Crippen molar-refractivity contribution >= 4 is 17.9 Å². The molecule has 6 heteroatoms. The van der Waals surface area contributed by atoms with Crippen molar-refractivity contribution in [3.8, 4) is 5.75 Å². The molecule has 4 atom stereocenters. The van der Waals surface area contributed by atoms with Gasteiger partial charge in [-0.1, -0.05) is 30.9 Å². The number of aromatic hydroxyl groups is 1. The highest BCUT2D eigenvalue weighted by atomic mass is 16.5. The number of amides is 2. The second kappa shape index (κ2) is 10.7. The van der Waals surface area contributed by atoms with Crippen LogP contribution in [0.5, 0.6) is 5.75 Å². The van der Waals surface area contributed by atoms with Gasteiger partial charge in [0, 0.05) is 19.1 Å². The van der Waals surface area contributed by atoms with Crippen molar-refractivity contribution in [2.75, 3.05) is 20.3 Å². The number of fused-ring (bicyclic) bond motifs is 3. The fourth-order valence-corrected chi connectivity index (χ4v) is 7.29. The summed E-state index contributed by atoms with van der Waals surface area (Å²) in [5.74, 6) is -0.135. The minimum absolute atomic E-state index is 0.0226. The van der Waals surface area contributed by atoms with Crippen LogP contribution in [0.3, 0.4) is 0 Å². The first-order valence-electron chi connectivity index (χ1n) is 14.0. The van der Waals surface area contributed by atoms with E-state index < -0.39 is 0 Å². The maximum Gasteiger partial charge on any atom is 0.234 e. The summed E-state index contributed by atoms with van der Waals surface area (Å²) in [4.78, 5) is 28.8. The molecule has 2 saturated heterocycles. The van der Waals surface area contributed by atoms with Crippen LogP contribution in [0.2, 0.25) is 0 Å². The van der Waals surface area contributed by atoms with Crippen LogP contribution in [-0.4, -0.2) is 54.3 Å². The number of phenols is 1. The van der Waals surface area contributed by atoms with Gasteiger partial charge in [0.25, 0.3) is 0 Å². The molecule has 2 aliphatic carbocycles. The highest BCUT2D eigenvalue weighted by Crippen LogP contribution is 2.50. The van der Waals surface area contributed by atoms with Gasteiger partial charge in [0.15, 0.2) is 0 Å². The Morgan fingerprint density at radius 2 is 1.81 bits per heavy atom. The summed E-state index contributed by atoms with van der Waals surface area (Å²) in [6.07, 6.45) is 9.72. The van der Waals surface area contributed by atoms with Crippen LogP contribution in [0.15, 0.2) is 28.9 Å². The number of hydrogen-bond acceptors (Lipinski definition) is 5. The second-order valence-electron chi connectivity index (χ2n) is 11.6. The van der Waals surface area contributed by atoms with Gasteiger partial charge >= 0.3 is 0 Å². The molecule has 4 aliphatic rings. The van der Waals surface area contributed by atoms with Crippen molar-refractivity contribution in [1.29, 1.82) is 0 Å². The monoisotopic (exact) mass is 507 g/mol. The van der Waals surface area contributed by atoms with Gasteiger partial charge in [-0.15, -0.1) is 0 Å². The van der Waals surface area contributed by atoms with Crippen molar-refractivity contribution in [2.45, 2.75) is 84.3 Å². The van der Waals surface area contributed by atoms with Crippen LogP contribution < -0.4 is 0 Å². The predicted octanol–water partition coefficient (Wildman–Crippen LogP) is 5.49. The molecule has 1 saturated carbocycles. The van der Waals surface area contributed by atoms with Gasteiger partial charge in [-0.05, 0) is 92.8 Å². The van der Waals surface area contributed by atoms with E-state index in [0.29, 0.717) is 25.4 Å². The maximum absolute atomic E-state index is 13.7. The second-order valence-corrected chi connectivity index (χ2v) is 11.6. The van der Waals surface area contributed by atoms with Crippen LogP contribution in [0.4, 0.5) is 0 Å². The number of carbonyl (C=O) groups is 2. The van der Waals surface area contributed by atoms with Gasteiger partial charge in [0.2, 0.25) is 11.8 Å². The number of likely N-dealkylation sites (tertiary alicyclic amines) is 1. The third-order valence-corrected chi connectivity index (χ3v) is 9.03. The molecule has 3 fully saturated rings. The van der Waals surface area contributed by atoms with Crippen LogP contribution >= 0.6 is 0 Å². The Balaban J connectivity index is 1.33. The van der Waals surface area contributed by atoms with Gasteiger partial charge in [-0.3, -0.25) is 14.5 Å². The number of rotatable bonds is 7. The number of carbonyl (C=O) groups excluding carboxylic acids is 2. The van der Waals surface area contributed by atoms with E-state index in [-0.39, 0.29) is 41.7 Å². The highest BCUT2D eigenvalue weighted by Gasteiger charge is 2.58. The smallest absolute Gasteiger partial charge is 0.234 e. The molecule has 2 heterocycles. The van der Waals surface area contributed by atoms with E-state index in [1.165, 1.54) is 17.6 Å². The Labute approximate surface area is 220 Å². The molecule has 6 nitrogen and oxygen atoms in total. The number of hydrogen-bond donors (Lipinski definition) is 1. The number of methoxy groups -OCH3 is 1. The summed E-state index contributed by atoms with van der Waals surface area (Å²) in [7, 11) is 1.70. The van der Waals surface area contributed by atoms with Crippen LogP contribution in [0, 0.1) is 31.6 Å². The first kappa shape index (κ1) is 26.2. The highest BCUT2D eigenvalue weighted by molar-refractivity contribution is 6.06. The van der Waals surface area contributed by atoms with Crippen LogP contribution in [0.1, 0.15) is 75.0 Å². The largest absolute Gasteiger partial charge is 0.507 e. The molecule has 0 bridgehead atoms. The molecule has 2 amide bonds. The third kappa shape index (κ3) is 4.90. The van der Waals surface area contributed by atoms with Crippen molar-refractivity contribution in [2.24, 2.45) is 17.8 Å². The molecule has 1 aromatic rings. The van der Waals surface area contributed by atoms with E-state index in [1.807, 2.05) is 26.0 Å². The normalized spacial score (nSPS) is 28.8. The molecule has 0 aromatic heterocycles. The Morgan fingerprint density at radius 3 is 2.49 bits per heavy atom. The molecule has 37 heavy (non-hydrogen) atoms. The zero-order valence-electron chi connectivity index (χ0n) is 22.7. The van der Waals surface area contributed by atoms with E-state index in [2.05, 4.69) is 13.0 Å². The predicted molar refractivity (Wildman–Crippen MR) is 143 cm³/mol. The average Bonchev–Trinajstić information content (AvgIpc) is 3.40. The van der Waals surface area contributed by atoms with Gasteiger partial charge in [0.05, 0.1) is 31.2 Å². The summed E-state index contributed by atoms with van der Waals surface area (Å²) in [6.45, 7) is 6.97. The number of phenolic OH excluding ortho intramolecular Hbond substituents is 1. The summed E-state index contributed by atoms with van der Waals surface area (Å²) >= 11 is 0. The molecule has 0 radical (unpaired) electrons. The SMILES string of the molecule is COCC1=C2[C@@H](CC/C(C)=C/c3cc(C)c(O)c(C)c3)OC[C@@H]2[C@@H]2C(=O)N(C3CCCCC3)C(=O)[C@@H]2C1. The van der Waals surface area contributed by atoms with Crippen molar-refractivity contribution in [3.05, 3.63) is 45.5 Å². The van der Waals surface area contributed by atoms with Crippen LogP contribution in [0.25, 0.3) is 6.08 Å². The van der Waals surface area contributed by atoms with E-state index >= 15 is 0 Å². The fraction of sp³-hybridized carbons (Fsp3) is 0.613. The zero-order valence-corrected chi connectivity index (χ0v) is 22.7. The Kier molecular flexibility index (Phi) is 7.60. The van der Waals surface area contributed by atoms with Crippen LogP contribution in [-0.2, 0) is 19.1 Å². The summed E-state index contributed by atoms with van der Waals surface area (Å²) in [5, 5.41) is 10.1. The quantitative estimate of drug-likeness (QED) is 0.390. The number of aryl methyl sites for hydroxylation is 2. The molecule has 5 rings (SSSR count).